The predicted octanol–water partition coefficient (Wildman–Crippen LogP) is 4.27. The third kappa shape index (κ3) is 3.98. The quantitative estimate of drug-likeness (QED) is 0.855. The molecule has 0 fully saturated rings. The van der Waals surface area contributed by atoms with Crippen LogP contribution in [0.1, 0.15) is 22.3 Å². The summed E-state index contributed by atoms with van der Waals surface area (Å²) in [6.45, 7) is 6.03. The van der Waals surface area contributed by atoms with E-state index < -0.39 is 0 Å². The summed E-state index contributed by atoms with van der Waals surface area (Å²) in [5.41, 5.74) is 5.16. The maximum Gasteiger partial charge on any atom is 0.248 e. The first-order valence-electron chi connectivity index (χ1n) is 7.20. The highest BCUT2D eigenvalue weighted by atomic mass is 16.5. The fourth-order valence-corrected chi connectivity index (χ4v) is 2.30. The molecule has 2 aromatic carbocycles. The number of rotatable bonds is 4. The molecule has 0 aromatic heterocycles. The zero-order valence-electron chi connectivity index (χ0n) is 13.4. The van der Waals surface area contributed by atoms with Gasteiger partial charge < -0.3 is 10.1 Å². The average molecular weight is 295 g/mol. The number of ether oxygens (including phenoxy) is 1. The minimum absolute atomic E-state index is 0.140. The standard InChI is InChI=1S/C19H21NO2/c1-13-5-7-16(8-6-13)20-19(21)10-9-18-14(2)11-17(22-4)12-15(18)3/h5-12H,1-4H3,(H,20,21)/b10-9+. The first kappa shape index (κ1) is 15.8. The lowest BCUT2D eigenvalue weighted by molar-refractivity contribution is -0.111. The molecule has 0 heterocycles. The van der Waals surface area contributed by atoms with Crippen LogP contribution in [0.3, 0.4) is 0 Å². The summed E-state index contributed by atoms with van der Waals surface area (Å²) in [5, 5.41) is 2.85. The zero-order chi connectivity index (χ0) is 16.1. The van der Waals surface area contributed by atoms with Crippen LogP contribution in [0, 0.1) is 20.8 Å². The van der Waals surface area contributed by atoms with Crippen LogP contribution in [0.25, 0.3) is 6.08 Å². The maximum absolute atomic E-state index is 12.0. The molecule has 0 radical (unpaired) electrons. The van der Waals surface area contributed by atoms with Crippen molar-refractivity contribution in [2.75, 3.05) is 12.4 Å². The Hall–Kier alpha value is -2.55. The molecule has 3 nitrogen and oxygen atoms in total. The molecule has 2 rings (SSSR count). The molecule has 0 aliphatic heterocycles. The minimum atomic E-state index is -0.140. The summed E-state index contributed by atoms with van der Waals surface area (Å²) in [4.78, 5) is 12.0. The van der Waals surface area contributed by atoms with Crippen molar-refractivity contribution in [2.45, 2.75) is 20.8 Å². The second kappa shape index (κ2) is 6.94. The maximum atomic E-state index is 12.0. The first-order chi connectivity index (χ1) is 10.5. The molecule has 114 valence electrons. The summed E-state index contributed by atoms with van der Waals surface area (Å²) < 4.78 is 5.24. The molecular formula is C19H21NO2. The number of benzene rings is 2. The van der Waals surface area contributed by atoms with E-state index in [2.05, 4.69) is 5.32 Å². The molecule has 0 unspecified atom stereocenters. The molecule has 0 aliphatic rings. The Bertz CT molecular complexity index is 677. The molecule has 0 bridgehead atoms. The van der Waals surface area contributed by atoms with Crippen molar-refractivity contribution in [2.24, 2.45) is 0 Å². The molecule has 22 heavy (non-hydrogen) atoms. The highest BCUT2D eigenvalue weighted by molar-refractivity contribution is 6.02. The smallest absolute Gasteiger partial charge is 0.248 e. The van der Waals surface area contributed by atoms with Crippen molar-refractivity contribution in [3.05, 3.63) is 64.7 Å². The van der Waals surface area contributed by atoms with Gasteiger partial charge in [-0.05, 0) is 67.8 Å². The van der Waals surface area contributed by atoms with Crippen LogP contribution >= 0.6 is 0 Å². The first-order valence-corrected chi connectivity index (χ1v) is 7.20. The van der Waals surface area contributed by atoms with E-state index in [0.29, 0.717) is 0 Å². The van der Waals surface area contributed by atoms with Gasteiger partial charge in [-0.15, -0.1) is 0 Å². The molecule has 2 aromatic rings. The highest BCUT2D eigenvalue weighted by Gasteiger charge is 2.04. The SMILES string of the molecule is COc1cc(C)c(/C=C/C(=O)Nc2ccc(C)cc2)c(C)c1. The van der Waals surface area contributed by atoms with Gasteiger partial charge in [0.25, 0.3) is 0 Å². The summed E-state index contributed by atoms with van der Waals surface area (Å²) >= 11 is 0. The Morgan fingerprint density at radius 3 is 2.18 bits per heavy atom. The van der Waals surface area contributed by atoms with Gasteiger partial charge in [-0.25, -0.2) is 0 Å². The van der Waals surface area contributed by atoms with Crippen molar-refractivity contribution in [1.82, 2.24) is 0 Å². The van der Waals surface area contributed by atoms with E-state index in [1.165, 1.54) is 0 Å². The van der Waals surface area contributed by atoms with E-state index in [9.17, 15) is 4.79 Å². The summed E-state index contributed by atoms with van der Waals surface area (Å²) in [5.74, 6) is 0.690. The molecule has 1 amide bonds. The fraction of sp³-hybridized carbons (Fsp3) is 0.211. The van der Waals surface area contributed by atoms with Crippen LogP contribution < -0.4 is 10.1 Å². The van der Waals surface area contributed by atoms with E-state index in [1.807, 2.05) is 63.2 Å². The number of amides is 1. The number of hydrogen-bond donors (Lipinski definition) is 1. The van der Waals surface area contributed by atoms with Gasteiger partial charge in [-0.2, -0.15) is 0 Å². The molecule has 0 aliphatic carbocycles. The van der Waals surface area contributed by atoms with Crippen molar-refractivity contribution in [1.29, 1.82) is 0 Å². The average Bonchev–Trinajstić information content (AvgIpc) is 2.48. The Morgan fingerprint density at radius 1 is 1.05 bits per heavy atom. The number of aryl methyl sites for hydroxylation is 3. The lowest BCUT2D eigenvalue weighted by Gasteiger charge is -2.09. The molecule has 0 spiro atoms. The molecule has 3 heteroatoms. The van der Waals surface area contributed by atoms with Crippen LogP contribution in [0.2, 0.25) is 0 Å². The Balaban J connectivity index is 2.11. The van der Waals surface area contributed by atoms with E-state index >= 15 is 0 Å². The monoisotopic (exact) mass is 295 g/mol. The zero-order valence-corrected chi connectivity index (χ0v) is 13.4. The van der Waals surface area contributed by atoms with Crippen LogP contribution in [-0.4, -0.2) is 13.0 Å². The van der Waals surface area contributed by atoms with E-state index in [4.69, 9.17) is 4.74 Å². The van der Waals surface area contributed by atoms with Crippen molar-refractivity contribution in [3.8, 4) is 5.75 Å². The summed E-state index contributed by atoms with van der Waals surface area (Å²) in [6, 6.07) is 11.7. The topological polar surface area (TPSA) is 38.3 Å². The lowest BCUT2D eigenvalue weighted by Crippen LogP contribution is -2.07. The normalized spacial score (nSPS) is 10.7. The van der Waals surface area contributed by atoms with Crippen LogP contribution in [0.15, 0.2) is 42.5 Å². The van der Waals surface area contributed by atoms with Crippen molar-refractivity contribution in [3.63, 3.8) is 0 Å². The Labute approximate surface area is 131 Å². The molecule has 0 saturated heterocycles. The molecule has 0 atom stereocenters. The van der Waals surface area contributed by atoms with Gasteiger partial charge in [0, 0.05) is 11.8 Å². The number of anilines is 1. The number of methoxy groups -OCH3 is 1. The molecular weight excluding hydrogens is 274 g/mol. The Morgan fingerprint density at radius 2 is 1.64 bits per heavy atom. The molecule has 0 saturated carbocycles. The lowest BCUT2D eigenvalue weighted by atomic mass is 10.0. The summed E-state index contributed by atoms with van der Waals surface area (Å²) in [6.07, 6.45) is 3.40. The third-order valence-electron chi connectivity index (χ3n) is 3.52. The van der Waals surface area contributed by atoms with Crippen molar-refractivity contribution < 1.29 is 9.53 Å². The van der Waals surface area contributed by atoms with Gasteiger partial charge in [-0.3, -0.25) is 4.79 Å². The van der Waals surface area contributed by atoms with Gasteiger partial charge in [0.2, 0.25) is 5.91 Å². The third-order valence-corrected chi connectivity index (χ3v) is 3.52. The van der Waals surface area contributed by atoms with Crippen LogP contribution in [0.4, 0.5) is 5.69 Å². The van der Waals surface area contributed by atoms with Crippen LogP contribution in [0.5, 0.6) is 5.75 Å². The molecule has 1 N–H and O–H groups in total. The Kier molecular flexibility index (Phi) is 4.99. The largest absolute Gasteiger partial charge is 0.497 e. The second-order valence-corrected chi connectivity index (χ2v) is 5.36. The predicted molar refractivity (Wildman–Crippen MR) is 91.3 cm³/mol. The van der Waals surface area contributed by atoms with Gasteiger partial charge in [0.1, 0.15) is 5.75 Å². The second-order valence-electron chi connectivity index (χ2n) is 5.36. The van der Waals surface area contributed by atoms with Gasteiger partial charge in [-0.1, -0.05) is 17.7 Å². The van der Waals surface area contributed by atoms with E-state index in [1.54, 1.807) is 13.2 Å². The van der Waals surface area contributed by atoms with E-state index in [-0.39, 0.29) is 5.91 Å². The van der Waals surface area contributed by atoms with Crippen LogP contribution in [-0.2, 0) is 4.79 Å². The van der Waals surface area contributed by atoms with Crippen molar-refractivity contribution >= 4 is 17.7 Å². The number of hydrogen-bond acceptors (Lipinski definition) is 2. The number of carbonyl (C=O) groups excluding carboxylic acids is 1. The minimum Gasteiger partial charge on any atom is -0.497 e. The van der Waals surface area contributed by atoms with E-state index in [0.717, 1.165) is 33.7 Å². The van der Waals surface area contributed by atoms with Gasteiger partial charge in [0.15, 0.2) is 0 Å². The van der Waals surface area contributed by atoms with Gasteiger partial charge in [0.05, 0.1) is 7.11 Å². The number of carbonyl (C=O) groups is 1. The van der Waals surface area contributed by atoms with Gasteiger partial charge >= 0.3 is 0 Å². The summed E-state index contributed by atoms with van der Waals surface area (Å²) in [7, 11) is 1.65. The number of nitrogens with one attached hydrogen (secondary N) is 1. The fourth-order valence-electron chi connectivity index (χ4n) is 2.30. The highest BCUT2D eigenvalue weighted by Crippen LogP contribution is 2.22.